The van der Waals surface area contributed by atoms with E-state index in [0.29, 0.717) is 29.9 Å². The topological polar surface area (TPSA) is 52.6 Å². The summed E-state index contributed by atoms with van der Waals surface area (Å²) in [5.41, 5.74) is 1.09. The zero-order chi connectivity index (χ0) is 14.4. The standard InChI is InChI=1S/C16H20O4/c1-19-14-9-6-7-12-11-13(17)8-4-2-3-5-10-20-16(18)15(12)14/h6-7,9H,2-5,8,10-11H2,1H3. The zero-order valence-electron chi connectivity index (χ0n) is 11.8. The Labute approximate surface area is 119 Å². The van der Waals surface area contributed by atoms with Crippen LogP contribution in [0.4, 0.5) is 0 Å². The van der Waals surface area contributed by atoms with Crippen molar-refractivity contribution in [2.75, 3.05) is 13.7 Å². The summed E-state index contributed by atoms with van der Waals surface area (Å²) in [5, 5.41) is 0. The molecule has 1 aromatic rings. The monoisotopic (exact) mass is 276 g/mol. The van der Waals surface area contributed by atoms with Crippen LogP contribution in [0, 0.1) is 0 Å². The van der Waals surface area contributed by atoms with Crippen LogP contribution >= 0.6 is 0 Å². The van der Waals surface area contributed by atoms with Crippen LogP contribution < -0.4 is 4.74 Å². The highest BCUT2D eigenvalue weighted by molar-refractivity contribution is 5.96. The molecule has 0 N–H and O–H groups in total. The molecular formula is C16H20O4. The maximum atomic E-state index is 12.2. The number of carbonyl (C=O) groups is 2. The summed E-state index contributed by atoms with van der Waals surface area (Å²) in [4.78, 5) is 24.2. The van der Waals surface area contributed by atoms with Crippen LogP contribution in [0.1, 0.15) is 48.0 Å². The number of Topliss-reactive ketones (excluding diaryl/α,β-unsaturated/α-hetero) is 1. The SMILES string of the molecule is COc1cccc2c1C(=O)OCCCCCCC(=O)C2. The van der Waals surface area contributed by atoms with Crippen LogP contribution in [0.5, 0.6) is 5.75 Å². The van der Waals surface area contributed by atoms with E-state index in [1.807, 2.05) is 0 Å². The predicted octanol–water partition coefficient (Wildman–Crippen LogP) is 2.93. The number of benzene rings is 1. The van der Waals surface area contributed by atoms with Gasteiger partial charge in [0.2, 0.25) is 0 Å². The van der Waals surface area contributed by atoms with E-state index in [1.165, 1.54) is 7.11 Å². The lowest BCUT2D eigenvalue weighted by molar-refractivity contribution is -0.118. The van der Waals surface area contributed by atoms with Gasteiger partial charge in [0.05, 0.1) is 13.7 Å². The van der Waals surface area contributed by atoms with Crippen molar-refractivity contribution in [3.8, 4) is 5.75 Å². The second-order valence-corrected chi connectivity index (χ2v) is 5.01. The molecule has 1 aliphatic rings. The lowest BCUT2D eigenvalue weighted by Crippen LogP contribution is -2.14. The first-order chi connectivity index (χ1) is 9.72. The Hall–Kier alpha value is -1.84. The van der Waals surface area contributed by atoms with Crippen LogP contribution in [0.15, 0.2) is 18.2 Å². The van der Waals surface area contributed by atoms with Crippen LogP contribution in [-0.2, 0) is 16.0 Å². The number of carbonyl (C=O) groups excluding carboxylic acids is 2. The number of hydrogen-bond donors (Lipinski definition) is 0. The molecule has 4 nitrogen and oxygen atoms in total. The number of cyclic esters (lactones) is 1. The van der Waals surface area contributed by atoms with Crippen molar-refractivity contribution < 1.29 is 19.1 Å². The van der Waals surface area contributed by atoms with Gasteiger partial charge < -0.3 is 9.47 Å². The van der Waals surface area contributed by atoms with Crippen molar-refractivity contribution >= 4 is 11.8 Å². The Morgan fingerprint density at radius 1 is 1.10 bits per heavy atom. The summed E-state index contributed by atoms with van der Waals surface area (Å²) in [6.45, 7) is 0.421. The molecule has 0 spiro atoms. The Balaban J connectivity index is 2.33. The first-order valence-electron chi connectivity index (χ1n) is 7.07. The van der Waals surface area contributed by atoms with E-state index in [4.69, 9.17) is 9.47 Å². The summed E-state index contributed by atoms with van der Waals surface area (Å²) in [7, 11) is 1.51. The molecule has 0 unspecified atom stereocenters. The molecule has 20 heavy (non-hydrogen) atoms. The average molecular weight is 276 g/mol. The van der Waals surface area contributed by atoms with Gasteiger partial charge in [-0.15, -0.1) is 0 Å². The van der Waals surface area contributed by atoms with Crippen LogP contribution in [-0.4, -0.2) is 25.5 Å². The van der Waals surface area contributed by atoms with Gasteiger partial charge in [-0.3, -0.25) is 4.79 Å². The van der Waals surface area contributed by atoms with Crippen LogP contribution in [0.3, 0.4) is 0 Å². The third-order valence-electron chi connectivity index (χ3n) is 3.51. The maximum absolute atomic E-state index is 12.2. The zero-order valence-corrected chi connectivity index (χ0v) is 11.8. The van der Waals surface area contributed by atoms with E-state index in [-0.39, 0.29) is 12.2 Å². The van der Waals surface area contributed by atoms with Gasteiger partial charge in [0.1, 0.15) is 17.1 Å². The maximum Gasteiger partial charge on any atom is 0.342 e. The van der Waals surface area contributed by atoms with Gasteiger partial charge in [-0.05, 0) is 24.5 Å². The molecule has 0 amide bonds. The molecule has 0 radical (unpaired) electrons. The molecule has 2 rings (SSSR count). The molecule has 4 heteroatoms. The van der Waals surface area contributed by atoms with Gasteiger partial charge >= 0.3 is 5.97 Å². The number of hydrogen-bond acceptors (Lipinski definition) is 4. The second-order valence-electron chi connectivity index (χ2n) is 5.01. The average Bonchev–Trinajstić information content (AvgIpc) is 2.44. The van der Waals surface area contributed by atoms with Crippen LogP contribution in [0.2, 0.25) is 0 Å². The number of esters is 1. The molecule has 0 bridgehead atoms. The third kappa shape index (κ3) is 3.59. The molecule has 0 saturated heterocycles. The number of rotatable bonds is 1. The Morgan fingerprint density at radius 2 is 1.90 bits per heavy atom. The first kappa shape index (κ1) is 14.6. The molecular weight excluding hydrogens is 256 g/mol. The fourth-order valence-corrected chi connectivity index (χ4v) is 2.44. The highest BCUT2D eigenvalue weighted by atomic mass is 16.5. The number of ketones is 1. The van der Waals surface area contributed by atoms with Gasteiger partial charge in [-0.1, -0.05) is 25.0 Å². The summed E-state index contributed by atoms with van der Waals surface area (Å²) in [5.74, 6) is 0.232. The lowest BCUT2D eigenvalue weighted by Gasteiger charge is -2.14. The molecule has 1 aromatic carbocycles. The molecule has 0 atom stereocenters. The normalized spacial score (nSPS) is 17.4. The Kier molecular flexibility index (Phi) is 5.16. The molecule has 0 aromatic heterocycles. The van der Waals surface area contributed by atoms with Gasteiger partial charge in [-0.2, -0.15) is 0 Å². The third-order valence-corrected chi connectivity index (χ3v) is 3.51. The number of fused-ring (bicyclic) bond motifs is 1. The summed E-state index contributed by atoms with van der Waals surface area (Å²) >= 11 is 0. The Bertz CT molecular complexity index is 493. The van der Waals surface area contributed by atoms with Crippen molar-refractivity contribution in [3.63, 3.8) is 0 Å². The van der Waals surface area contributed by atoms with E-state index in [9.17, 15) is 9.59 Å². The molecule has 108 valence electrons. The largest absolute Gasteiger partial charge is 0.496 e. The number of methoxy groups -OCH3 is 1. The summed E-state index contributed by atoms with van der Waals surface area (Å²) in [6.07, 6.45) is 4.58. The van der Waals surface area contributed by atoms with E-state index in [0.717, 1.165) is 25.7 Å². The lowest BCUT2D eigenvalue weighted by atomic mass is 9.98. The minimum Gasteiger partial charge on any atom is -0.496 e. The van der Waals surface area contributed by atoms with Crippen molar-refractivity contribution in [1.29, 1.82) is 0 Å². The van der Waals surface area contributed by atoms with E-state index >= 15 is 0 Å². The predicted molar refractivity (Wildman–Crippen MR) is 75.1 cm³/mol. The fourth-order valence-electron chi connectivity index (χ4n) is 2.44. The van der Waals surface area contributed by atoms with Crippen molar-refractivity contribution in [2.45, 2.75) is 38.5 Å². The molecule has 0 aliphatic carbocycles. The van der Waals surface area contributed by atoms with Gasteiger partial charge in [-0.25, -0.2) is 4.79 Å². The van der Waals surface area contributed by atoms with E-state index in [1.54, 1.807) is 18.2 Å². The van der Waals surface area contributed by atoms with Gasteiger partial charge in [0.25, 0.3) is 0 Å². The summed E-state index contributed by atoms with van der Waals surface area (Å²) < 4.78 is 10.5. The van der Waals surface area contributed by atoms with E-state index < -0.39 is 5.97 Å². The molecule has 0 fully saturated rings. The van der Waals surface area contributed by atoms with Gasteiger partial charge in [0.15, 0.2) is 0 Å². The highest BCUT2D eigenvalue weighted by Gasteiger charge is 2.20. The summed E-state index contributed by atoms with van der Waals surface area (Å²) in [6, 6.07) is 5.31. The molecule has 1 aliphatic heterocycles. The minimum absolute atomic E-state index is 0.160. The second kappa shape index (κ2) is 7.08. The minimum atomic E-state index is -0.397. The quantitative estimate of drug-likeness (QED) is 0.740. The molecule has 0 saturated carbocycles. The molecule has 1 heterocycles. The van der Waals surface area contributed by atoms with Gasteiger partial charge in [0, 0.05) is 12.8 Å². The van der Waals surface area contributed by atoms with Crippen molar-refractivity contribution in [2.24, 2.45) is 0 Å². The smallest absolute Gasteiger partial charge is 0.342 e. The van der Waals surface area contributed by atoms with E-state index in [2.05, 4.69) is 0 Å². The fraction of sp³-hybridized carbons (Fsp3) is 0.500. The number of ether oxygens (including phenoxy) is 2. The van der Waals surface area contributed by atoms with Crippen molar-refractivity contribution in [1.82, 2.24) is 0 Å². The highest BCUT2D eigenvalue weighted by Crippen LogP contribution is 2.25. The Morgan fingerprint density at radius 3 is 2.70 bits per heavy atom. The van der Waals surface area contributed by atoms with Crippen molar-refractivity contribution in [3.05, 3.63) is 29.3 Å². The first-order valence-corrected chi connectivity index (χ1v) is 7.07. The van der Waals surface area contributed by atoms with Crippen LogP contribution in [0.25, 0.3) is 0 Å².